The fourth-order valence-electron chi connectivity index (χ4n) is 3.50. The summed E-state index contributed by atoms with van der Waals surface area (Å²) in [6.07, 6.45) is 3.61. The summed E-state index contributed by atoms with van der Waals surface area (Å²) in [6.45, 7) is 3.34. The summed E-state index contributed by atoms with van der Waals surface area (Å²) in [7, 11) is -2.07. The van der Waals surface area contributed by atoms with E-state index in [1.165, 1.54) is 4.31 Å². The maximum Gasteiger partial charge on any atom is 0.265 e. The van der Waals surface area contributed by atoms with Crippen molar-refractivity contribution in [1.29, 1.82) is 0 Å². The van der Waals surface area contributed by atoms with Crippen molar-refractivity contribution < 1.29 is 13.2 Å². The molecule has 1 aliphatic heterocycles. The molecule has 144 valence electrons. The van der Waals surface area contributed by atoms with Crippen LogP contribution in [0.25, 0.3) is 11.1 Å². The van der Waals surface area contributed by atoms with Crippen molar-refractivity contribution in [3.05, 3.63) is 59.9 Å². The maximum atomic E-state index is 13.4. The fourth-order valence-corrected chi connectivity index (χ4v) is 5.22. The van der Waals surface area contributed by atoms with Crippen LogP contribution in [0, 0.1) is 13.8 Å². The Bertz CT molecular complexity index is 1200. The third-order valence-corrected chi connectivity index (χ3v) is 6.74. The highest BCUT2D eigenvalue weighted by molar-refractivity contribution is 7.93. The maximum absolute atomic E-state index is 13.4. The molecule has 0 unspecified atom stereocenters. The van der Waals surface area contributed by atoms with E-state index in [2.05, 4.69) is 10.4 Å². The van der Waals surface area contributed by atoms with Gasteiger partial charge in [-0.25, -0.2) is 8.42 Å². The molecule has 2 aromatic carbocycles. The summed E-state index contributed by atoms with van der Waals surface area (Å²) >= 11 is 0. The quantitative estimate of drug-likeness (QED) is 0.738. The lowest BCUT2D eigenvalue weighted by Gasteiger charge is -2.32. The van der Waals surface area contributed by atoms with Gasteiger partial charge in [0.2, 0.25) is 5.91 Å². The summed E-state index contributed by atoms with van der Waals surface area (Å²) < 4.78 is 29.8. The normalized spacial score (nSPS) is 14.0. The van der Waals surface area contributed by atoms with Crippen LogP contribution in [-0.2, 0) is 21.9 Å². The lowest BCUT2D eigenvalue weighted by Crippen LogP contribution is -2.42. The zero-order valence-electron chi connectivity index (χ0n) is 15.8. The molecule has 1 aromatic heterocycles. The first-order valence-corrected chi connectivity index (χ1v) is 10.2. The highest BCUT2D eigenvalue weighted by atomic mass is 32.2. The molecule has 0 saturated carbocycles. The Morgan fingerprint density at radius 3 is 2.54 bits per heavy atom. The number of rotatable bonds is 3. The molecule has 0 radical (unpaired) electrons. The lowest BCUT2D eigenvalue weighted by atomic mass is 10.1. The standard InChI is InChI=1S/C20H20N4O3S/c1-13-5-4-6-17-20(13)24(12-19(25)22-17)28(26,27)18-8-7-15(9-14(18)2)16-10-21-23(3)11-16/h4-11H,12H2,1-3H3,(H,22,25). The minimum atomic E-state index is -3.90. The van der Waals surface area contributed by atoms with Crippen LogP contribution in [0.5, 0.6) is 0 Å². The van der Waals surface area contributed by atoms with E-state index in [4.69, 9.17) is 0 Å². The molecule has 0 saturated heterocycles. The van der Waals surface area contributed by atoms with Crippen LogP contribution in [0.4, 0.5) is 11.4 Å². The van der Waals surface area contributed by atoms with Crippen LogP contribution >= 0.6 is 0 Å². The third kappa shape index (κ3) is 2.95. The number of sulfonamides is 1. The smallest absolute Gasteiger partial charge is 0.265 e. The molecule has 2 heterocycles. The van der Waals surface area contributed by atoms with Crippen LogP contribution in [0.2, 0.25) is 0 Å². The van der Waals surface area contributed by atoms with Crippen LogP contribution in [-0.4, -0.2) is 30.7 Å². The number of anilines is 2. The number of para-hydroxylation sites is 1. The van der Waals surface area contributed by atoms with E-state index in [0.717, 1.165) is 16.7 Å². The zero-order chi connectivity index (χ0) is 20.1. The van der Waals surface area contributed by atoms with Crippen LogP contribution in [0.15, 0.2) is 53.7 Å². The fraction of sp³-hybridized carbons (Fsp3) is 0.200. The monoisotopic (exact) mass is 396 g/mol. The Kier molecular flexibility index (Phi) is 4.23. The van der Waals surface area contributed by atoms with Gasteiger partial charge in [-0.05, 0) is 48.7 Å². The van der Waals surface area contributed by atoms with Crippen LogP contribution < -0.4 is 9.62 Å². The summed E-state index contributed by atoms with van der Waals surface area (Å²) in [6, 6.07) is 10.5. The van der Waals surface area contributed by atoms with E-state index in [1.54, 1.807) is 42.1 Å². The van der Waals surface area contributed by atoms with Gasteiger partial charge in [-0.3, -0.25) is 13.8 Å². The van der Waals surface area contributed by atoms with E-state index in [-0.39, 0.29) is 17.3 Å². The number of fused-ring (bicyclic) bond motifs is 1. The number of hydrogen-bond acceptors (Lipinski definition) is 4. The largest absolute Gasteiger partial charge is 0.323 e. The summed E-state index contributed by atoms with van der Waals surface area (Å²) in [5, 5.41) is 6.90. The van der Waals surface area contributed by atoms with E-state index < -0.39 is 10.0 Å². The first-order chi connectivity index (χ1) is 13.3. The number of carbonyl (C=O) groups excluding carboxylic acids is 1. The second-order valence-electron chi connectivity index (χ2n) is 6.91. The predicted octanol–water partition coefficient (Wildman–Crippen LogP) is 2.85. The number of aryl methyl sites for hydroxylation is 3. The van der Waals surface area contributed by atoms with Gasteiger partial charge in [-0.2, -0.15) is 5.10 Å². The summed E-state index contributed by atoms with van der Waals surface area (Å²) in [5.74, 6) is -0.355. The number of hydrogen-bond donors (Lipinski definition) is 1. The second-order valence-corrected chi connectivity index (χ2v) is 8.74. The zero-order valence-corrected chi connectivity index (χ0v) is 16.6. The van der Waals surface area contributed by atoms with E-state index in [1.807, 2.05) is 32.3 Å². The summed E-state index contributed by atoms with van der Waals surface area (Å²) in [5.41, 5.74) is 4.21. The second kappa shape index (κ2) is 6.49. The van der Waals surface area contributed by atoms with Crippen molar-refractivity contribution in [2.45, 2.75) is 18.7 Å². The number of benzene rings is 2. The molecule has 0 fully saturated rings. The molecular weight excluding hydrogens is 376 g/mol. The van der Waals surface area contributed by atoms with Gasteiger partial charge in [-0.1, -0.05) is 18.2 Å². The van der Waals surface area contributed by atoms with Gasteiger partial charge in [0.05, 0.1) is 22.5 Å². The highest BCUT2D eigenvalue weighted by Gasteiger charge is 2.34. The molecule has 0 aliphatic carbocycles. The number of carbonyl (C=O) groups is 1. The van der Waals surface area contributed by atoms with Gasteiger partial charge in [0.25, 0.3) is 10.0 Å². The van der Waals surface area contributed by atoms with Crippen molar-refractivity contribution in [3.63, 3.8) is 0 Å². The third-order valence-electron chi connectivity index (χ3n) is 4.83. The molecule has 3 aromatic rings. The molecule has 0 spiro atoms. The molecular formula is C20H20N4O3S. The van der Waals surface area contributed by atoms with Crippen LogP contribution in [0.1, 0.15) is 11.1 Å². The minimum absolute atomic E-state index is 0.184. The molecule has 1 N–H and O–H groups in total. The highest BCUT2D eigenvalue weighted by Crippen LogP contribution is 2.37. The van der Waals surface area contributed by atoms with Crippen LogP contribution in [0.3, 0.4) is 0 Å². The molecule has 8 heteroatoms. The van der Waals surface area contributed by atoms with E-state index >= 15 is 0 Å². The average Bonchev–Trinajstić information content (AvgIpc) is 3.07. The van der Waals surface area contributed by atoms with Gasteiger partial charge >= 0.3 is 0 Å². The first kappa shape index (κ1) is 18.2. The number of nitrogens with zero attached hydrogens (tertiary/aromatic N) is 3. The SMILES string of the molecule is Cc1cc(-c2cnn(C)c2)ccc1S(=O)(=O)N1CC(=O)Nc2cccc(C)c21. The van der Waals surface area contributed by atoms with E-state index in [9.17, 15) is 13.2 Å². The Labute approximate surface area is 163 Å². The Morgan fingerprint density at radius 1 is 1.07 bits per heavy atom. The molecule has 7 nitrogen and oxygen atoms in total. The predicted molar refractivity (Wildman–Crippen MR) is 108 cm³/mol. The van der Waals surface area contributed by atoms with Gasteiger partial charge in [0, 0.05) is 18.8 Å². The van der Waals surface area contributed by atoms with Crippen molar-refractivity contribution in [2.24, 2.45) is 7.05 Å². The van der Waals surface area contributed by atoms with Gasteiger partial charge in [-0.15, -0.1) is 0 Å². The molecule has 0 atom stereocenters. The topological polar surface area (TPSA) is 84.3 Å². The Balaban J connectivity index is 1.81. The van der Waals surface area contributed by atoms with Crippen molar-refractivity contribution >= 4 is 27.3 Å². The van der Waals surface area contributed by atoms with Gasteiger partial charge < -0.3 is 5.32 Å². The molecule has 28 heavy (non-hydrogen) atoms. The van der Waals surface area contributed by atoms with Gasteiger partial charge in [0.15, 0.2) is 0 Å². The molecule has 1 amide bonds. The Hall–Kier alpha value is -3.13. The van der Waals surface area contributed by atoms with E-state index in [0.29, 0.717) is 16.9 Å². The first-order valence-electron chi connectivity index (χ1n) is 8.79. The Morgan fingerprint density at radius 2 is 1.86 bits per heavy atom. The van der Waals surface area contributed by atoms with Gasteiger partial charge in [0.1, 0.15) is 6.54 Å². The number of aromatic nitrogens is 2. The van der Waals surface area contributed by atoms with Crippen molar-refractivity contribution in [2.75, 3.05) is 16.2 Å². The van der Waals surface area contributed by atoms with Crippen molar-refractivity contribution in [3.8, 4) is 11.1 Å². The molecule has 4 rings (SSSR count). The molecule has 1 aliphatic rings. The lowest BCUT2D eigenvalue weighted by molar-refractivity contribution is -0.115. The average molecular weight is 396 g/mol. The number of nitrogens with one attached hydrogen (secondary N) is 1. The van der Waals surface area contributed by atoms with Crippen molar-refractivity contribution in [1.82, 2.24) is 9.78 Å². The molecule has 0 bridgehead atoms. The minimum Gasteiger partial charge on any atom is -0.323 e. The number of amides is 1. The summed E-state index contributed by atoms with van der Waals surface area (Å²) in [4.78, 5) is 12.3.